The summed E-state index contributed by atoms with van der Waals surface area (Å²) >= 11 is 0. The van der Waals surface area contributed by atoms with Gasteiger partial charge in [-0.2, -0.15) is 0 Å². The van der Waals surface area contributed by atoms with Crippen LogP contribution >= 0.6 is 0 Å². The molecular formula is C24H35N3O2. The monoisotopic (exact) mass is 397 g/mol. The van der Waals surface area contributed by atoms with Gasteiger partial charge in [-0.25, -0.2) is 0 Å². The predicted molar refractivity (Wildman–Crippen MR) is 114 cm³/mol. The zero-order chi connectivity index (χ0) is 20.1. The quantitative estimate of drug-likeness (QED) is 0.710. The molecule has 5 heteroatoms. The molecule has 0 bridgehead atoms. The zero-order valence-electron chi connectivity index (χ0n) is 17.6. The average Bonchev–Trinajstić information content (AvgIpc) is 3.26. The molecule has 3 aliphatic rings. The standard InChI is InChI=1S/C24H35N3O2/c28-23(26-15-11-22(12-16-26)24(29)27-13-4-5-14-27)19-25(18-21-9-6-10-21)17-20-7-2-1-3-8-20/h1-3,7-8,21-22H,4-6,9-19H2. The number of carbonyl (C=O) groups is 2. The second-order valence-corrected chi connectivity index (χ2v) is 9.14. The second-order valence-electron chi connectivity index (χ2n) is 9.14. The number of carbonyl (C=O) groups excluding carboxylic acids is 2. The molecule has 0 N–H and O–H groups in total. The van der Waals surface area contributed by atoms with Gasteiger partial charge in [0.25, 0.3) is 0 Å². The van der Waals surface area contributed by atoms with Crippen molar-refractivity contribution in [3.8, 4) is 0 Å². The van der Waals surface area contributed by atoms with E-state index < -0.39 is 0 Å². The van der Waals surface area contributed by atoms with Crippen LogP contribution in [0.5, 0.6) is 0 Å². The van der Waals surface area contributed by atoms with Gasteiger partial charge in [0.1, 0.15) is 0 Å². The van der Waals surface area contributed by atoms with Crippen LogP contribution in [0.2, 0.25) is 0 Å². The van der Waals surface area contributed by atoms with Crippen molar-refractivity contribution in [3.63, 3.8) is 0 Å². The number of likely N-dealkylation sites (tertiary alicyclic amines) is 2. The average molecular weight is 398 g/mol. The lowest BCUT2D eigenvalue weighted by atomic mass is 9.85. The summed E-state index contributed by atoms with van der Waals surface area (Å²) in [5.41, 5.74) is 1.27. The fraction of sp³-hybridized carbons (Fsp3) is 0.667. The molecule has 1 saturated carbocycles. The first-order chi connectivity index (χ1) is 14.2. The summed E-state index contributed by atoms with van der Waals surface area (Å²) in [6, 6.07) is 10.5. The molecule has 29 heavy (non-hydrogen) atoms. The van der Waals surface area contributed by atoms with Gasteiger partial charge in [-0.1, -0.05) is 36.8 Å². The van der Waals surface area contributed by atoms with Crippen molar-refractivity contribution in [2.24, 2.45) is 11.8 Å². The molecule has 1 aliphatic carbocycles. The summed E-state index contributed by atoms with van der Waals surface area (Å²) < 4.78 is 0. The second kappa shape index (κ2) is 9.75. The Bertz CT molecular complexity index is 675. The highest BCUT2D eigenvalue weighted by molar-refractivity contribution is 5.81. The first-order valence-corrected chi connectivity index (χ1v) is 11.5. The van der Waals surface area contributed by atoms with E-state index in [0.29, 0.717) is 12.5 Å². The molecule has 2 aliphatic heterocycles. The maximum absolute atomic E-state index is 13.0. The van der Waals surface area contributed by atoms with E-state index in [1.807, 2.05) is 15.9 Å². The molecule has 1 aromatic carbocycles. The Morgan fingerprint density at radius 2 is 1.55 bits per heavy atom. The zero-order valence-corrected chi connectivity index (χ0v) is 17.6. The molecule has 2 heterocycles. The first kappa shape index (κ1) is 20.4. The van der Waals surface area contributed by atoms with Gasteiger partial charge in [0.2, 0.25) is 11.8 Å². The van der Waals surface area contributed by atoms with E-state index in [1.54, 1.807) is 0 Å². The van der Waals surface area contributed by atoms with Crippen LogP contribution in [-0.2, 0) is 16.1 Å². The van der Waals surface area contributed by atoms with E-state index in [1.165, 1.54) is 24.8 Å². The Labute approximate surface area is 175 Å². The predicted octanol–water partition coefficient (Wildman–Crippen LogP) is 3.15. The highest BCUT2D eigenvalue weighted by atomic mass is 16.2. The number of piperidine rings is 1. The van der Waals surface area contributed by atoms with Gasteiger partial charge in [0.05, 0.1) is 6.54 Å². The van der Waals surface area contributed by atoms with Crippen LogP contribution < -0.4 is 0 Å². The molecule has 0 radical (unpaired) electrons. The number of benzene rings is 1. The van der Waals surface area contributed by atoms with Crippen LogP contribution in [0.4, 0.5) is 0 Å². The van der Waals surface area contributed by atoms with Crippen molar-refractivity contribution in [2.45, 2.75) is 51.5 Å². The molecule has 5 nitrogen and oxygen atoms in total. The van der Waals surface area contributed by atoms with Crippen molar-refractivity contribution >= 4 is 11.8 Å². The highest BCUT2D eigenvalue weighted by Crippen LogP contribution is 2.28. The lowest BCUT2D eigenvalue weighted by molar-refractivity contribution is -0.140. The Hall–Kier alpha value is -1.88. The summed E-state index contributed by atoms with van der Waals surface area (Å²) in [5, 5.41) is 0. The molecule has 0 atom stereocenters. The fourth-order valence-electron chi connectivity index (χ4n) is 4.93. The lowest BCUT2D eigenvalue weighted by Crippen LogP contribution is -2.47. The molecule has 2 amide bonds. The SMILES string of the molecule is O=C(CN(Cc1ccccc1)CC1CCC1)N1CCC(C(=O)N2CCCC2)CC1. The fourth-order valence-corrected chi connectivity index (χ4v) is 4.93. The third-order valence-corrected chi connectivity index (χ3v) is 6.96. The van der Waals surface area contributed by atoms with E-state index >= 15 is 0 Å². The van der Waals surface area contributed by atoms with Gasteiger partial charge in [0.15, 0.2) is 0 Å². The smallest absolute Gasteiger partial charge is 0.236 e. The van der Waals surface area contributed by atoms with E-state index in [9.17, 15) is 9.59 Å². The minimum Gasteiger partial charge on any atom is -0.342 e. The van der Waals surface area contributed by atoms with Gasteiger partial charge in [0, 0.05) is 45.2 Å². The van der Waals surface area contributed by atoms with E-state index in [0.717, 1.165) is 70.9 Å². The van der Waals surface area contributed by atoms with E-state index in [2.05, 4.69) is 29.2 Å². The maximum Gasteiger partial charge on any atom is 0.236 e. The van der Waals surface area contributed by atoms with Crippen molar-refractivity contribution < 1.29 is 9.59 Å². The number of amides is 2. The highest BCUT2D eigenvalue weighted by Gasteiger charge is 2.32. The maximum atomic E-state index is 13.0. The van der Waals surface area contributed by atoms with Gasteiger partial charge >= 0.3 is 0 Å². The number of hydrogen-bond acceptors (Lipinski definition) is 3. The normalized spacial score (nSPS) is 20.9. The molecule has 0 unspecified atom stereocenters. The lowest BCUT2D eigenvalue weighted by Gasteiger charge is -2.36. The van der Waals surface area contributed by atoms with Crippen LogP contribution in [0.3, 0.4) is 0 Å². The summed E-state index contributed by atoms with van der Waals surface area (Å²) in [6.07, 6.45) is 7.84. The number of rotatable bonds is 7. The van der Waals surface area contributed by atoms with Crippen LogP contribution in [0.1, 0.15) is 50.5 Å². The Kier molecular flexibility index (Phi) is 6.86. The summed E-state index contributed by atoms with van der Waals surface area (Å²) in [5.74, 6) is 1.42. The summed E-state index contributed by atoms with van der Waals surface area (Å²) in [4.78, 5) is 32.0. The van der Waals surface area contributed by atoms with Crippen molar-refractivity contribution in [1.29, 1.82) is 0 Å². The van der Waals surface area contributed by atoms with Gasteiger partial charge in [-0.15, -0.1) is 0 Å². The molecule has 4 rings (SSSR count). The van der Waals surface area contributed by atoms with Gasteiger partial charge in [-0.05, 0) is 50.0 Å². The largest absolute Gasteiger partial charge is 0.342 e. The summed E-state index contributed by atoms with van der Waals surface area (Å²) in [6.45, 7) is 5.66. The minimum absolute atomic E-state index is 0.118. The summed E-state index contributed by atoms with van der Waals surface area (Å²) in [7, 11) is 0. The molecule has 0 aromatic heterocycles. The third kappa shape index (κ3) is 5.39. The van der Waals surface area contributed by atoms with E-state index in [4.69, 9.17) is 0 Å². The topological polar surface area (TPSA) is 43.9 Å². The number of nitrogens with zero attached hydrogens (tertiary/aromatic N) is 3. The van der Waals surface area contributed by atoms with Crippen LogP contribution in [-0.4, -0.2) is 65.8 Å². The van der Waals surface area contributed by atoms with Crippen molar-refractivity contribution in [1.82, 2.24) is 14.7 Å². The van der Waals surface area contributed by atoms with Gasteiger partial charge in [-0.3, -0.25) is 14.5 Å². The Balaban J connectivity index is 1.28. The Morgan fingerprint density at radius 1 is 0.862 bits per heavy atom. The van der Waals surface area contributed by atoms with Crippen LogP contribution in [0.25, 0.3) is 0 Å². The first-order valence-electron chi connectivity index (χ1n) is 11.5. The molecule has 0 spiro atoms. The third-order valence-electron chi connectivity index (χ3n) is 6.96. The van der Waals surface area contributed by atoms with Crippen LogP contribution in [0.15, 0.2) is 30.3 Å². The van der Waals surface area contributed by atoms with Gasteiger partial charge < -0.3 is 9.80 Å². The van der Waals surface area contributed by atoms with Crippen molar-refractivity contribution in [3.05, 3.63) is 35.9 Å². The molecule has 2 saturated heterocycles. The molecule has 158 valence electrons. The molecule has 1 aromatic rings. The Morgan fingerprint density at radius 3 is 2.17 bits per heavy atom. The number of hydrogen-bond donors (Lipinski definition) is 0. The van der Waals surface area contributed by atoms with Crippen molar-refractivity contribution in [2.75, 3.05) is 39.3 Å². The molecule has 3 fully saturated rings. The van der Waals surface area contributed by atoms with Crippen LogP contribution in [0, 0.1) is 11.8 Å². The molecular weight excluding hydrogens is 362 g/mol. The minimum atomic E-state index is 0.118. The van der Waals surface area contributed by atoms with E-state index in [-0.39, 0.29) is 11.8 Å².